The summed E-state index contributed by atoms with van der Waals surface area (Å²) >= 11 is 6.13. The number of benzene rings is 1. The number of unbranched alkanes of at least 4 members (excludes halogenated alkanes) is 2. The van der Waals surface area contributed by atoms with Gasteiger partial charge in [0.15, 0.2) is 0 Å². The number of halogens is 1. The van der Waals surface area contributed by atoms with Crippen molar-refractivity contribution in [1.82, 2.24) is 10.0 Å². The van der Waals surface area contributed by atoms with Gasteiger partial charge in [-0.1, -0.05) is 50.4 Å². The van der Waals surface area contributed by atoms with Gasteiger partial charge in [0.1, 0.15) is 0 Å². The van der Waals surface area contributed by atoms with Gasteiger partial charge in [0.25, 0.3) is 0 Å². The first-order valence-corrected chi connectivity index (χ1v) is 13.3. The van der Waals surface area contributed by atoms with Gasteiger partial charge in [-0.05, 0) is 83.0 Å². The van der Waals surface area contributed by atoms with Crippen molar-refractivity contribution < 1.29 is 8.42 Å². The Morgan fingerprint density at radius 3 is 2.13 bits per heavy atom. The van der Waals surface area contributed by atoms with E-state index in [0.717, 1.165) is 37.3 Å². The van der Waals surface area contributed by atoms with Crippen LogP contribution in [0.15, 0.2) is 24.3 Å². The maximum absolute atomic E-state index is 12.1. The molecule has 1 unspecified atom stereocenters. The Balaban J connectivity index is 1.85. The van der Waals surface area contributed by atoms with E-state index >= 15 is 0 Å². The fraction of sp³-hybridized carbons (Fsp3) is 0.750. The molecule has 30 heavy (non-hydrogen) atoms. The third kappa shape index (κ3) is 6.69. The summed E-state index contributed by atoms with van der Waals surface area (Å²) in [4.78, 5) is 0. The third-order valence-corrected chi connectivity index (χ3v) is 8.83. The molecule has 0 heterocycles. The highest BCUT2D eigenvalue weighted by molar-refractivity contribution is 7.90. The molecule has 4 nitrogen and oxygen atoms in total. The van der Waals surface area contributed by atoms with Gasteiger partial charge in [0.05, 0.1) is 4.75 Å². The standard InChI is InChI=1S/C24H41ClN2O2S/c1-19(2)18-22(24(14-9-15-24)20-10-12-21(25)13-11-20)26-16-7-6-8-17-27-30(28,29)23(3,4)5/h10-13,19,22,26-27H,6-9,14-18H2,1-5H3. The van der Waals surface area contributed by atoms with E-state index in [1.54, 1.807) is 20.8 Å². The van der Waals surface area contributed by atoms with Crippen LogP contribution in [-0.2, 0) is 15.4 Å². The van der Waals surface area contributed by atoms with E-state index in [1.807, 2.05) is 12.1 Å². The van der Waals surface area contributed by atoms with Crippen LogP contribution in [0.3, 0.4) is 0 Å². The summed E-state index contributed by atoms with van der Waals surface area (Å²) < 4.78 is 26.2. The van der Waals surface area contributed by atoms with Gasteiger partial charge in [-0.15, -0.1) is 0 Å². The van der Waals surface area contributed by atoms with Gasteiger partial charge in [-0.2, -0.15) is 0 Å². The Morgan fingerprint density at radius 1 is 1.03 bits per heavy atom. The van der Waals surface area contributed by atoms with Gasteiger partial charge in [-0.25, -0.2) is 13.1 Å². The minimum atomic E-state index is -3.24. The maximum Gasteiger partial charge on any atom is 0.216 e. The minimum absolute atomic E-state index is 0.219. The van der Waals surface area contributed by atoms with Gasteiger partial charge < -0.3 is 5.32 Å². The monoisotopic (exact) mass is 456 g/mol. The van der Waals surface area contributed by atoms with Gasteiger partial charge in [0, 0.05) is 23.0 Å². The highest BCUT2D eigenvalue weighted by Crippen LogP contribution is 2.48. The molecule has 2 N–H and O–H groups in total. The average Bonchev–Trinajstić information content (AvgIpc) is 2.59. The van der Waals surface area contributed by atoms with Gasteiger partial charge in [-0.3, -0.25) is 0 Å². The summed E-state index contributed by atoms with van der Waals surface area (Å²) in [6.07, 6.45) is 7.85. The van der Waals surface area contributed by atoms with Crippen molar-refractivity contribution in [1.29, 1.82) is 0 Å². The summed E-state index contributed by atoms with van der Waals surface area (Å²) in [5.41, 5.74) is 1.63. The highest BCUT2D eigenvalue weighted by Gasteiger charge is 2.45. The fourth-order valence-corrected chi connectivity index (χ4v) is 5.25. The van der Waals surface area contributed by atoms with E-state index in [1.165, 1.54) is 24.8 Å². The summed E-state index contributed by atoms with van der Waals surface area (Å²) in [6, 6.07) is 8.91. The molecule has 0 saturated heterocycles. The molecular weight excluding hydrogens is 416 g/mol. The van der Waals surface area contributed by atoms with Crippen molar-refractivity contribution in [3.05, 3.63) is 34.9 Å². The first-order valence-electron chi connectivity index (χ1n) is 11.5. The van der Waals surface area contributed by atoms with Crippen molar-refractivity contribution in [2.45, 2.75) is 95.8 Å². The fourth-order valence-electron chi connectivity index (χ4n) is 4.28. The van der Waals surface area contributed by atoms with Crippen LogP contribution in [0.25, 0.3) is 0 Å². The Bertz CT molecular complexity index is 750. The van der Waals surface area contributed by atoms with E-state index in [0.29, 0.717) is 18.5 Å². The highest BCUT2D eigenvalue weighted by atomic mass is 35.5. The number of nitrogens with one attached hydrogen (secondary N) is 2. The van der Waals surface area contributed by atoms with Gasteiger partial charge >= 0.3 is 0 Å². The molecule has 0 spiro atoms. The zero-order chi connectivity index (χ0) is 22.4. The molecule has 1 fully saturated rings. The maximum atomic E-state index is 12.1. The van der Waals surface area contributed by atoms with Crippen LogP contribution in [0, 0.1) is 5.92 Å². The lowest BCUT2D eigenvalue weighted by Gasteiger charge is -2.49. The molecule has 0 radical (unpaired) electrons. The van der Waals surface area contributed by atoms with Crippen LogP contribution in [0.1, 0.15) is 85.1 Å². The molecule has 6 heteroatoms. The molecule has 1 aromatic carbocycles. The molecule has 1 saturated carbocycles. The molecule has 0 amide bonds. The predicted octanol–water partition coefficient (Wildman–Crippen LogP) is 5.65. The van der Waals surface area contributed by atoms with Crippen LogP contribution in [-0.4, -0.2) is 32.3 Å². The lowest BCUT2D eigenvalue weighted by Crippen LogP contribution is -2.53. The second kappa shape index (κ2) is 10.8. The van der Waals surface area contributed by atoms with Crippen LogP contribution < -0.4 is 10.0 Å². The van der Waals surface area contributed by atoms with Crippen molar-refractivity contribution in [3.8, 4) is 0 Å². The van der Waals surface area contributed by atoms with Crippen LogP contribution in [0.2, 0.25) is 5.02 Å². The molecule has 0 aromatic heterocycles. The van der Waals surface area contributed by atoms with E-state index < -0.39 is 14.8 Å². The molecule has 0 aliphatic heterocycles. The SMILES string of the molecule is CC(C)CC(NCCCCCNS(=O)(=O)C(C)(C)C)C1(c2ccc(Cl)cc2)CCC1. The molecule has 1 aliphatic rings. The summed E-state index contributed by atoms with van der Waals surface area (Å²) in [5.74, 6) is 0.638. The molecule has 0 bridgehead atoms. The third-order valence-electron chi connectivity index (χ3n) is 6.38. The van der Waals surface area contributed by atoms with Crippen molar-refractivity contribution in [2.24, 2.45) is 5.92 Å². The summed E-state index contributed by atoms with van der Waals surface area (Å²) in [6.45, 7) is 11.3. The molecular formula is C24H41ClN2O2S. The number of hydrogen-bond donors (Lipinski definition) is 2. The zero-order valence-corrected chi connectivity index (χ0v) is 21.0. The zero-order valence-electron chi connectivity index (χ0n) is 19.4. The minimum Gasteiger partial charge on any atom is -0.313 e. The normalized spacial score (nSPS) is 17.7. The first kappa shape index (κ1) is 25.6. The predicted molar refractivity (Wildman–Crippen MR) is 129 cm³/mol. The van der Waals surface area contributed by atoms with Gasteiger partial charge in [0.2, 0.25) is 10.0 Å². The van der Waals surface area contributed by atoms with Crippen molar-refractivity contribution >= 4 is 21.6 Å². The van der Waals surface area contributed by atoms with Crippen LogP contribution in [0.5, 0.6) is 0 Å². The lowest BCUT2D eigenvalue weighted by atomic mass is 9.59. The molecule has 1 aliphatic carbocycles. The first-order chi connectivity index (χ1) is 14.0. The second-order valence-corrected chi connectivity index (χ2v) is 13.2. The number of hydrogen-bond acceptors (Lipinski definition) is 3. The topological polar surface area (TPSA) is 58.2 Å². The largest absolute Gasteiger partial charge is 0.313 e. The van der Waals surface area contributed by atoms with Crippen LogP contribution >= 0.6 is 11.6 Å². The summed E-state index contributed by atoms with van der Waals surface area (Å²) in [7, 11) is -3.24. The Morgan fingerprint density at radius 2 is 1.63 bits per heavy atom. The molecule has 1 atom stereocenters. The Labute approximate surface area is 189 Å². The van der Waals surface area contributed by atoms with Crippen molar-refractivity contribution in [3.63, 3.8) is 0 Å². The number of rotatable bonds is 12. The van der Waals surface area contributed by atoms with Crippen molar-refractivity contribution in [2.75, 3.05) is 13.1 Å². The quantitative estimate of drug-likeness (QED) is 0.399. The lowest BCUT2D eigenvalue weighted by molar-refractivity contribution is 0.151. The average molecular weight is 457 g/mol. The molecule has 2 rings (SSSR count). The van der Waals surface area contributed by atoms with E-state index in [2.05, 4.69) is 36.0 Å². The molecule has 1 aromatic rings. The van der Waals surface area contributed by atoms with E-state index in [9.17, 15) is 8.42 Å². The summed E-state index contributed by atoms with van der Waals surface area (Å²) in [5, 5.41) is 4.66. The van der Waals surface area contributed by atoms with E-state index in [4.69, 9.17) is 11.6 Å². The Hall–Kier alpha value is -0.620. The second-order valence-electron chi connectivity index (χ2n) is 10.2. The van der Waals surface area contributed by atoms with Crippen LogP contribution in [0.4, 0.5) is 0 Å². The molecule has 172 valence electrons. The Kier molecular flexibility index (Phi) is 9.23. The van der Waals surface area contributed by atoms with E-state index in [-0.39, 0.29) is 5.41 Å². The smallest absolute Gasteiger partial charge is 0.216 e. The number of sulfonamides is 1.